The van der Waals surface area contributed by atoms with E-state index in [4.69, 9.17) is 4.42 Å². The molecule has 0 saturated heterocycles. The maximum atomic E-state index is 6.52. The monoisotopic (exact) mass is 587 g/mol. The number of para-hydroxylation sites is 1. The molecule has 5 aromatic carbocycles. The number of hydrogen-bond donors (Lipinski definition) is 0. The average molecular weight is 588 g/mol. The van der Waals surface area contributed by atoms with E-state index in [0.29, 0.717) is 0 Å². The van der Waals surface area contributed by atoms with Crippen LogP contribution < -0.4 is 21.3 Å². The van der Waals surface area contributed by atoms with Crippen LogP contribution in [0.5, 0.6) is 0 Å². The molecule has 2 aliphatic rings. The fraction of sp³-hybridized carbons (Fsp3) is 0.286. The summed E-state index contributed by atoms with van der Waals surface area (Å²) in [6.45, 7) is 11.9. The third-order valence-electron chi connectivity index (χ3n) is 10.6. The minimum Gasteiger partial charge on any atom is -0.456 e. The Kier molecular flexibility index (Phi) is 6.71. The predicted octanol–water partition coefficient (Wildman–Crippen LogP) is 9.52. The van der Waals surface area contributed by atoms with Gasteiger partial charge in [0, 0.05) is 33.2 Å². The van der Waals surface area contributed by atoms with Crippen molar-refractivity contribution >= 4 is 62.1 Å². The summed E-state index contributed by atoms with van der Waals surface area (Å²) in [5.41, 5.74) is 17.1. The number of aryl methyl sites for hydroxylation is 3. The molecule has 0 unspecified atom stereocenters. The van der Waals surface area contributed by atoms with Gasteiger partial charge in [-0.25, -0.2) is 0 Å². The summed E-state index contributed by atoms with van der Waals surface area (Å²) >= 11 is 0. The van der Waals surface area contributed by atoms with E-state index in [-0.39, 0.29) is 12.1 Å². The normalized spacial score (nSPS) is 14.5. The van der Waals surface area contributed by atoms with E-state index in [9.17, 15) is 0 Å². The Balaban J connectivity index is 1.47. The molecule has 224 valence electrons. The number of unbranched alkanes of at least 4 members (excludes halogenated alkanes) is 2. The average Bonchev–Trinajstić information content (AvgIpc) is 3.44. The van der Waals surface area contributed by atoms with Crippen molar-refractivity contribution in [3.63, 3.8) is 0 Å². The number of hydrogen-bond acceptors (Lipinski definition) is 2. The molecule has 0 spiro atoms. The highest BCUT2D eigenvalue weighted by atomic mass is 16.3. The Bertz CT molecular complexity index is 2080. The molecule has 0 fully saturated rings. The molecule has 0 aliphatic carbocycles. The molecule has 6 aromatic rings. The van der Waals surface area contributed by atoms with Gasteiger partial charge in [-0.1, -0.05) is 106 Å². The molecule has 0 N–H and O–H groups in total. The van der Waals surface area contributed by atoms with Crippen molar-refractivity contribution in [3.05, 3.63) is 119 Å². The summed E-state index contributed by atoms with van der Waals surface area (Å²) in [5, 5.41) is 2.49. The van der Waals surface area contributed by atoms with Crippen LogP contribution in [0, 0.1) is 6.92 Å². The van der Waals surface area contributed by atoms with Gasteiger partial charge in [0.1, 0.15) is 11.2 Å². The van der Waals surface area contributed by atoms with Gasteiger partial charge in [-0.3, -0.25) is 0 Å². The largest absolute Gasteiger partial charge is 0.456 e. The zero-order chi connectivity index (χ0) is 30.9. The lowest BCUT2D eigenvalue weighted by Crippen LogP contribution is -2.64. The van der Waals surface area contributed by atoms with E-state index in [1.54, 1.807) is 0 Å². The lowest BCUT2D eigenvalue weighted by atomic mass is 9.29. The smallest absolute Gasteiger partial charge is 0.248 e. The molecule has 3 heterocycles. The van der Waals surface area contributed by atoms with Crippen LogP contribution >= 0.6 is 0 Å². The Hall–Kier alpha value is -4.24. The molecular formula is C42H42BNO. The third kappa shape index (κ3) is 4.23. The Morgan fingerprint density at radius 3 is 2.29 bits per heavy atom. The summed E-state index contributed by atoms with van der Waals surface area (Å²) in [6, 6.07) is 34.5. The molecule has 0 amide bonds. The summed E-state index contributed by atoms with van der Waals surface area (Å²) in [5.74, 6) is 0. The minimum atomic E-state index is -0.163. The first-order valence-corrected chi connectivity index (χ1v) is 17.0. The van der Waals surface area contributed by atoms with Gasteiger partial charge in [0.15, 0.2) is 0 Å². The van der Waals surface area contributed by atoms with Gasteiger partial charge < -0.3 is 9.32 Å². The number of benzene rings is 5. The van der Waals surface area contributed by atoms with Crippen molar-refractivity contribution in [1.82, 2.24) is 0 Å². The van der Waals surface area contributed by atoms with Gasteiger partial charge >= 0.3 is 0 Å². The highest BCUT2D eigenvalue weighted by molar-refractivity contribution is 7.00. The minimum absolute atomic E-state index is 0.124. The van der Waals surface area contributed by atoms with Crippen LogP contribution in [0.4, 0.5) is 17.1 Å². The topological polar surface area (TPSA) is 16.4 Å². The van der Waals surface area contributed by atoms with E-state index in [0.717, 1.165) is 24.0 Å². The van der Waals surface area contributed by atoms with Crippen molar-refractivity contribution in [2.45, 2.75) is 78.6 Å². The van der Waals surface area contributed by atoms with Crippen LogP contribution in [-0.4, -0.2) is 6.71 Å². The zero-order valence-corrected chi connectivity index (χ0v) is 27.3. The van der Waals surface area contributed by atoms with Crippen LogP contribution in [-0.2, 0) is 18.3 Å². The number of rotatable bonds is 7. The molecule has 45 heavy (non-hydrogen) atoms. The Morgan fingerprint density at radius 1 is 0.733 bits per heavy atom. The summed E-state index contributed by atoms with van der Waals surface area (Å²) in [6.07, 6.45) is 7.07. The SMILES string of the molecule is CCCCc1ccc(N2c3ccc(C)cc3B3c4c2ccc(CCCC)c4C(C)(C)c2ccc4oc5ccccc5c4c23)cc1. The summed E-state index contributed by atoms with van der Waals surface area (Å²) < 4.78 is 6.52. The van der Waals surface area contributed by atoms with E-state index >= 15 is 0 Å². The lowest BCUT2D eigenvalue weighted by molar-refractivity contribution is 0.630. The van der Waals surface area contributed by atoms with Crippen LogP contribution in [0.2, 0.25) is 0 Å². The fourth-order valence-corrected chi connectivity index (χ4v) is 8.44. The number of furan rings is 1. The van der Waals surface area contributed by atoms with Gasteiger partial charge in [0.2, 0.25) is 6.71 Å². The quantitative estimate of drug-likeness (QED) is 0.173. The first-order chi connectivity index (χ1) is 21.9. The zero-order valence-electron chi connectivity index (χ0n) is 27.3. The van der Waals surface area contributed by atoms with Gasteiger partial charge in [0.25, 0.3) is 0 Å². The van der Waals surface area contributed by atoms with Crippen LogP contribution in [0.15, 0.2) is 95.4 Å². The van der Waals surface area contributed by atoms with Gasteiger partial charge in [-0.15, -0.1) is 0 Å². The predicted molar refractivity (Wildman–Crippen MR) is 194 cm³/mol. The van der Waals surface area contributed by atoms with Crippen molar-refractivity contribution in [2.24, 2.45) is 0 Å². The van der Waals surface area contributed by atoms with Crippen LogP contribution in [0.1, 0.15) is 81.2 Å². The first-order valence-electron chi connectivity index (χ1n) is 17.0. The summed E-state index contributed by atoms with van der Waals surface area (Å²) in [4.78, 5) is 2.55. The highest BCUT2D eigenvalue weighted by Gasteiger charge is 2.48. The second-order valence-electron chi connectivity index (χ2n) is 13.9. The van der Waals surface area contributed by atoms with Crippen LogP contribution in [0.3, 0.4) is 0 Å². The van der Waals surface area contributed by atoms with E-state index in [1.165, 1.54) is 97.7 Å². The number of anilines is 3. The molecule has 3 heteroatoms. The highest BCUT2D eigenvalue weighted by Crippen LogP contribution is 2.45. The molecular weight excluding hydrogens is 545 g/mol. The number of nitrogens with zero attached hydrogens (tertiary/aromatic N) is 1. The van der Waals surface area contributed by atoms with Crippen LogP contribution in [0.25, 0.3) is 21.9 Å². The molecule has 0 bridgehead atoms. The maximum Gasteiger partial charge on any atom is 0.248 e. The molecule has 0 radical (unpaired) electrons. The molecule has 0 atom stereocenters. The van der Waals surface area contributed by atoms with Crippen molar-refractivity contribution in [1.29, 1.82) is 0 Å². The lowest BCUT2D eigenvalue weighted by Gasteiger charge is -2.46. The fourth-order valence-electron chi connectivity index (χ4n) is 8.44. The molecule has 1 aromatic heterocycles. The first kappa shape index (κ1) is 28.3. The third-order valence-corrected chi connectivity index (χ3v) is 10.6. The Labute approximate surface area is 268 Å². The van der Waals surface area contributed by atoms with Crippen molar-refractivity contribution in [2.75, 3.05) is 4.90 Å². The van der Waals surface area contributed by atoms with Gasteiger partial charge in [-0.05, 0) is 102 Å². The molecule has 0 saturated carbocycles. The summed E-state index contributed by atoms with van der Waals surface area (Å²) in [7, 11) is 0. The van der Waals surface area contributed by atoms with Crippen molar-refractivity contribution < 1.29 is 4.42 Å². The van der Waals surface area contributed by atoms with E-state index in [2.05, 4.69) is 131 Å². The van der Waals surface area contributed by atoms with Gasteiger partial charge in [-0.2, -0.15) is 0 Å². The standard InChI is InChI=1S/C42H42BNO/c1-6-8-12-28-17-20-30(21-18-28)44-34-23-16-27(3)26-33(34)43-40-32(22-25-37-38(40)31-14-10-11-15-36(31)45-37)42(4,5)39-29(13-9-7-2)19-24-35(44)41(39)43/h10-11,14-26H,6-9,12-13H2,1-5H3. The molecule has 2 nitrogen and oxygen atoms in total. The second-order valence-corrected chi connectivity index (χ2v) is 13.9. The molecule has 8 rings (SSSR count). The maximum absolute atomic E-state index is 6.52. The Morgan fingerprint density at radius 2 is 1.49 bits per heavy atom. The van der Waals surface area contributed by atoms with Crippen molar-refractivity contribution in [3.8, 4) is 0 Å². The number of fused-ring (bicyclic) bond motifs is 8. The van der Waals surface area contributed by atoms with E-state index < -0.39 is 0 Å². The van der Waals surface area contributed by atoms with E-state index in [1.807, 2.05) is 0 Å². The van der Waals surface area contributed by atoms with Gasteiger partial charge in [0.05, 0.1) is 0 Å². The second kappa shape index (κ2) is 10.7. The molecule has 2 aliphatic heterocycles.